The first-order valence-corrected chi connectivity index (χ1v) is 5.65. The smallest absolute Gasteiger partial charge is 0.224 e. The number of anilines is 2. The largest absolute Gasteiger partial charge is 0.389 e. The number of nitrogens with one attached hydrogen (secondary N) is 2. The van der Waals surface area contributed by atoms with Gasteiger partial charge in [-0.2, -0.15) is 4.98 Å². The van der Waals surface area contributed by atoms with Crippen LogP contribution in [0.1, 0.15) is 12.5 Å². The molecular formula is C11H20N4O2. The normalized spacial score (nSPS) is 12.2. The van der Waals surface area contributed by atoms with Gasteiger partial charge < -0.3 is 20.5 Å². The van der Waals surface area contributed by atoms with E-state index < -0.39 is 6.10 Å². The third-order valence-electron chi connectivity index (χ3n) is 2.17. The molecule has 1 heterocycles. The standard InChI is InChI=1S/C11H20N4O2/c1-4-12-11-14-5-8(2)10(15-11)13-6-9(16)7-17-3/h5,9,16H,4,6-7H2,1-3H3,(H2,12,13,14,15). The van der Waals surface area contributed by atoms with Gasteiger partial charge in [0.05, 0.1) is 12.7 Å². The zero-order valence-corrected chi connectivity index (χ0v) is 10.5. The first-order valence-electron chi connectivity index (χ1n) is 5.65. The monoisotopic (exact) mass is 240 g/mol. The second kappa shape index (κ2) is 7.03. The molecule has 6 heteroatoms. The molecule has 0 aromatic carbocycles. The van der Waals surface area contributed by atoms with Crippen molar-refractivity contribution in [3.05, 3.63) is 11.8 Å². The summed E-state index contributed by atoms with van der Waals surface area (Å²) in [6, 6.07) is 0. The first kappa shape index (κ1) is 13.7. The number of hydrogen-bond acceptors (Lipinski definition) is 6. The molecule has 1 aromatic rings. The molecule has 1 unspecified atom stereocenters. The molecule has 0 spiro atoms. The molecule has 0 aliphatic rings. The molecule has 3 N–H and O–H groups in total. The highest BCUT2D eigenvalue weighted by atomic mass is 16.5. The number of methoxy groups -OCH3 is 1. The van der Waals surface area contributed by atoms with Crippen LogP contribution in [0, 0.1) is 6.92 Å². The summed E-state index contributed by atoms with van der Waals surface area (Å²) < 4.78 is 4.85. The topological polar surface area (TPSA) is 79.3 Å². The van der Waals surface area contributed by atoms with E-state index in [4.69, 9.17) is 4.74 Å². The van der Waals surface area contributed by atoms with Gasteiger partial charge in [0, 0.05) is 32.0 Å². The molecule has 0 saturated carbocycles. The van der Waals surface area contributed by atoms with E-state index in [1.54, 1.807) is 13.3 Å². The van der Waals surface area contributed by atoms with Crippen molar-refractivity contribution in [3.8, 4) is 0 Å². The van der Waals surface area contributed by atoms with Gasteiger partial charge in [-0.05, 0) is 13.8 Å². The summed E-state index contributed by atoms with van der Waals surface area (Å²) in [6.45, 7) is 5.38. The third-order valence-corrected chi connectivity index (χ3v) is 2.17. The molecule has 1 atom stereocenters. The van der Waals surface area contributed by atoms with Gasteiger partial charge in [0.2, 0.25) is 5.95 Å². The van der Waals surface area contributed by atoms with Crippen molar-refractivity contribution in [3.63, 3.8) is 0 Å². The summed E-state index contributed by atoms with van der Waals surface area (Å²) in [5.41, 5.74) is 0.941. The van der Waals surface area contributed by atoms with Crippen LogP contribution in [0.4, 0.5) is 11.8 Å². The van der Waals surface area contributed by atoms with Gasteiger partial charge in [-0.1, -0.05) is 0 Å². The van der Waals surface area contributed by atoms with E-state index in [1.807, 2.05) is 13.8 Å². The lowest BCUT2D eigenvalue weighted by Crippen LogP contribution is -2.25. The van der Waals surface area contributed by atoms with Crippen LogP contribution in [0.15, 0.2) is 6.20 Å². The molecule has 0 fully saturated rings. The van der Waals surface area contributed by atoms with Crippen molar-refractivity contribution in [2.24, 2.45) is 0 Å². The molecule has 0 radical (unpaired) electrons. The SMILES string of the molecule is CCNc1ncc(C)c(NCC(O)COC)n1. The van der Waals surface area contributed by atoms with Gasteiger partial charge in [0.1, 0.15) is 5.82 Å². The molecule has 0 saturated heterocycles. The lowest BCUT2D eigenvalue weighted by molar-refractivity contribution is 0.0727. The van der Waals surface area contributed by atoms with E-state index >= 15 is 0 Å². The van der Waals surface area contributed by atoms with Crippen molar-refractivity contribution in [1.82, 2.24) is 9.97 Å². The van der Waals surface area contributed by atoms with Crippen molar-refractivity contribution in [1.29, 1.82) is 0 Å². The van der Waals surface area contributed by atoms with Gasteiger partial charge in [-0.15, -0.1) is 0 Å². The van der Waals surface area contributed by atoms with Crippen molar-refractivity contribution in [2.75, 3.05) is 37.4 Å². The first-order chi connectivity index (χ1) is 8.17. The van der Waals surface area contributed by atoms with Gasteiger partial charge in [-0.3, -0.25) is 0 Å². The predicted molar refractivity (Wildman–Crippen MR) is 67.3 cm³/mol. The van der Waals surface area contributed by atoms with Crippen LogP contribution in [0.3, 0.4) is 0 Å². The number of aromatic nitrogens is 2. The average Bonchev–Trinajstić information content (AvgIpc) is 2.30. The second-order valence-electron chi connectivity index (χ2n) is 3.75. The highest BCUT2D eigenvalue weighted by molar-refractivity contribution is 5.46. The molecule has 6 nitrogen and oxygen atoms in total. The molecule has 0 amide bonds. The number of hydrogen-bond donors (Lipinski definition) is 3. The van der Waals surface area contributed by atoms with Crippen LogP contribution in [0.25, 0.3) is 0 Å². The summed E-state index contributed by atoms with van der Waals surface area (Å²) >= 11 is 0. The predicted octanol–water partition coefficient (Wildman–Crippen LogP) is 0.636. The Labute approximate surface area is 101 Å². The number of rotatable bonds is 7. The quantitative estimate of drug-likeness (QED) is 0.649. The third kappa shape index (κ3) is 4.54. The molecule has 1 rings (SSSR count). The Hall–Kier alpha value is -1.40. The van der Waals surface area contributed by atoms with Crippen molar-refractivity contribution >= 4 is 11.8 Å². The highest BCUT2D eigenvalue weighted by Crippen LogP contribution is 2.12. The fraction of sp³-hybridized carbons (Fsp3) is 0.636. The number of ether oxygens (including phenoxy) is 1. The van der Waals surface area contributed by atoms with Crippen LogP contribution < -0.4 is 10.6 Å². The lowest BCUT2D eigenvalue weighted by atomic mass is 10.3. The minimum absolute atomic E-state index is 0.303. The molecular weight excluding hydrogens is 220 g/mol. The van der Waals surface area contributed by atoms with E-state index in [0.717, 1.165) is 17.9 Å². The Balaban J connectivity index is 2.59. The number of aliphatic hydroxyl groups excluding tert-OH is 1. The zero-order chi connectivity index (χ0) is 12.7. The van der Waals surface area contributed by atoms with Crippen LogP contribution >= 0.6 is 0 Å². The Kier molecular flexibility index (Phi) is 5.65. The minimum atomic E-state index is -0.544. The van der Waals surface area contributed by atoms with Crippen LogP contribution in [0.5, 0.6) is 0 Å². The molecule has 0 aliphatic carbocycles. The van der Waals surface area contributed by atoms with Crippen LogP contribution in [-0.4, -0.2) is 48.0 Å². The van der Waals surface area contributed by atoms with E-state index in [9.17, 15) is 5.11 Å². The molecule has 17 heavy (non-hydrogen) atoms. The van der Waals surface area contributed by atoms with Gasteiger partial charge >= 0.3 is 0 Å². The van der Waals surface area contributed by atoms with Crippen LogP contribution in [-0.2, 0) is 4.74 Å². The number of aliphatic hydroxyl groups is 1. The number of nitrogens with zero attached hydrogens (tertiary/aromatic N) is 2. The molecule has 0 aliphatic heterocycles. The van der Waals surface area contributed by atoms with Gasteiger partial charge in [0.15, 0.2) is 0 Å². The second-order valence-corrected chi connectivity index (χ2v) is 3.75. The lowest BCUT2D eigenvalue weighted by Gasteiger charge is -2.13. The summed E-state index contributed by atoms with van der Waals surface area (Å²) in [4.78, 5) is 8.45. The van der Waals surface area contributed by atoms with E-state index in [1.165, 1.54) is 0 Å². The van der Waals surface area contributed by atoms with E-state index in [0.29, 0.717) is 19.1 Å². The summed E-state index contributed by atoms with van der Waals surface area (Å²) in [7, 11) is 1.56. The fourth-order valence-electron chi connectivity index (χ4n) is 1.33. The van der Waals surface area contributed by atoms with Crippen molar-refractivity contribution in [2.45, 2.75) is 20.0 Å². The number of aryl methyl sites for hydroxylation is 1. The van der Waals surface area contributed by atoms with Crippen LogP contribution in [0.2, 0.25) is 0 Å². The molecule has 1 aromatic heterocycles. The van der Waals surface area contributed by atoms with E-state index in [2.05, 4.69) is 20.6 Å². The highest BCUT2D eigenvalue weighted by Gasteiger charge is 2.06. The maximum absolute atomic E-state index is 9.53. The fourth-order valence-corrected chi connectivity index (χ4v) is 1.33. The Morgan fingerprint density at radius 2 is 2.24 bits per heavy atom. The Bertz CT molecular complexity index is 346. The van der Waals surface area contributed by atoms with Gasteiger partial charge in [-0.25, -0.2) is 4.98 Å². The maximum atomic E-state index is 9.53. The minimum Gasteiger partial charge on any atom is -0.389 e. The maximum Gasteiger partial charge on any atom is 0.224 e. The zero-order valence-electron chi connectivity index (χ0n) is 10.5. The van der Waals surface area contributed by atoms with Gasteiger partial charge in [0.25, 0.3) is 0 Å². The summed E-state index contributed by atoms with van der Waals surface area (Å²) in [6.07, 6.45) is 1.20. The average molecular weight is 240 g/mol. The molecule has 96 valence electrons. The Morgan fingerprint density at radius 3 is 2.88 bits per heavy atom. The molecule has 0 bridgehead atoms. The summed E-state index contributed by atoms with van der Waals surface area (Å²) in [5, 5.41) is 15.6. The van der Waals surface area contributed by atoms with Crippen molar-refractivity contribution < 1.29 is 9.84 Å². The van der Waals surface area contributed by atoms with E-state index in [-0.39, 0.29) is 0 Å². The Morgan fingerprint density at radius 1 is 1.47 bits per heavy atom. The summed E-state index contributed by atoms with van der Waals surface area (Å²) in [5.74, 6) is 1.31.